The Hall–Kier alpha value is -0.860. The van der Waals surface area contributed by atoms with E-state index in [9.17, 15) is 0 Å². The van der Waals surface area contributed by atoms with Gasteiger partial charge in [0.15, 0.2) is 0 Å². The minimum Gasteiger partial charge on any atom is -0.312 e. The number of aromatic nitrogens is 3. The van der Waals surface area contributed by atoms with Crippen molar-refractivity contribution >= 4 is 0 Å². The molecule has 2 rings (SSSR count). The quantitative estimate of drug-likeness (QED) is 0.562. The van der Waals surface area contributed by atoms with E-state index < -0.39 is 0 Å². The smallest absolute Gasteiger partial charge is 0.133 e. The Bertz CT molecular complexity index is 264. The molecule has 0 saturated carbocycles. The number of hydrogen-bond acceptors (Lipinski definition) is 2. The fraction of sp³-hybridized carbons (Fsp3) is 0.750. The Morgan fingerprint density at radius 1 is 1.45 bits per heavy atom. The van der Waals surface area contributed by atoms with E-state index in [2.05, 4.69) is 21.7 Å². The third kappa shape index (κ3) is 0.951. The molecule has 1 aliphatic rings. The SMILES string of the molecule is Cc1nnc2n1[C@@H](C)CCC2. The van der Waals surface area contributed by atoms with E-state index in [1.165, 1.54) is 18.7 Å². The summed E-state index contributed by atoms with van der Waals surface area (Å²) in [4.78, 5) is 0. The monoisotopic (exact) mass is 151 g/mol. The summed E-state index contributed by atoms with van der Waals surface area (Å²) in [5.74, 6) is 2.23. The first kappa shape index (κ1) is 6.83. The molecule has 0 radical (unpaired) electrons. The number of nitrogens with zero attached hydrogens (tertiary/aromatic N) is 3. The van der Waals surface area contributed by atoms with Gasteiger partial charge in [-0.15, -0.1) is 10.2 Å². The minimum atomic E-state index is 0.605. The third-order valence-electron chi connectivity index (χ3n) is 2.40. The van der Waals surface area contributed by atoms with E-state index >= 15 is 0 Å². The van der Waals surface area contributed by atoms with Crippen LogP contribution in [0.3, 0.4) is 0 Å². The Morgan fingerprint density at radius 3 is 3.00 bits per heavy atom. The van der Waals surface area contributed by atoms with Crippen molar-refractivity contribution in [3.05, 3.63) is 11.6 Å². The highest BCUT2D eigenvalue weighted by molar-refractivity contribution is 4.99. The van der Waals surface area contributed by atoms with Gasteiger partial charge in [-0.2, -0.15) is 0 Å². The predicted octanol–water partition coefficient (Wildman–Crippen LogP) is 1.48. The Balaban J connectivity index is 2.48. The molecule has 0 bridgehead atoms. The molecule has 0 N–H and O–H groups in total. The molecule has 1 aliphatic heterocycles. The van der Waals surface area contributed by atoms with Crippen LogP contribution in [0.1, 0.15) is 37.5 Å². The Morgan fingerprint density at radius 2 is 2.27 bits per heavy atom. The van der Waals surface area contributed by atoms with Gasteiger partial charge >= 0.3 is 0 Å². The van der Waals surface area contributed by atoms with Gasteiger partial charge in [0.1, 0.15) is 11.6 Å². The second-order valence-electron chi connectivity index (χ2n) is 3.27. The molecular weight excluding hydrogens is 138 g/mol. The van der Waals surface area contributed by atoms with Gasteiger partial charge in [0.05, 0.1) is 0 Å². The van der Waals surface area contributed by atoms with E-state index in [1.807, 2.05) is 6.92 Å². The highest BCUT2D eigenvalue weighted by Gasteiger charge is 2.18. The fourth-order valence-electron chi connectivity index (χ4n) is 1.84. The fourth-order valence-corrected chi connectivity index (χ4v) is 1.84. The Kier molecular flexibility index (Phi) is 1.44. The molecule has 0 aliphatic carbocycles. The molecule has 2 heterocycles. The molecule has 0 unspecified atom stereocenters. The zero-order valence-corrected chi connectivity index (χ0v) is 7.04. The van der Waals surface area contributed by atoms with Gasteiger partial charge in [0.2, 0.25) is 0 Å². The van der Waals surface area contributed by atoms with Gasteiger partial charge in [0, 0.05) is 12.5 Å². The third-order valence-corrected chi connectivity index (χ3v) is 2.40. The van der Waals surface area contributed by atoms with Crippen LogP contribution >= 0.6 is 0 Å². The number of rotatable bonds is 0. The highest BCUT2D eigenvalue weighted by atomic mass is 15.3. The van der Waals surface area contributed by atoms with Crippen LogP contribution in [-0.2, 0) is 6.42 Å². The van der Waals surface area contributed by atoms with Crippen molar-refractivity contribution in [1.82, 2.24) is 14.8 Å². The van der Waals surface area contributed by atoms with Crippen molar-refractivity contribution in [3.63, 3.8) is 0 Å². The summed E-state index contributed by atoms with van der Waals surface area (Å²) in [6.45, 7) is 4.26. The van der Waals surface area contributed by atoms with Gasteiger partial charge in [-0.3, -0.25) is 0 Å². The van der Waals surface area contributed by atoms with Gasteiger partial charge in [-0.05, 0) is 26.7 Å². The Labute approximate surface area is 66.4 Å². The number of hydrogen-bond donors (Lipinski definition) is 0. The van der Waals surface area contributed by atoms with Crippen LogP contribution in [0.25, 0.3) is 0 Å². The molecule has 0 saturated heterocycles. The number of fused-ring (bicyclic) bond motifs is 1. The van der Waals surface area contributed by atoms with Crippen LogP contribution in [0.4, 0.5) is 0 Å². The largest absolute Gasteiger partial charge is 0.312 e. The summed E-state index contributed by atoms with van der Waals surface area (Å²) in [7, 11) is 0. The predicted molar refractivity (Wildman–Crippen MR) is 42.4 cm³/mol. The van der Waals surface area contributed by atoms with Crippen LogP contribution in [0.2, 0.25) is 0 Å². The maximum atomic E-state index is 4.12. The maximum absolute atomic E-state index is 4.12. The zero-order valence-electron chi connectivity index (χ0n) is 7.04. The summed E-state index contributed by atoms with van der Waals surface area (Å²) in [6.07, 6.45) is 3.64. The van der Waals surface area contributed by atoms with Crippen LogP contribution in [0, 0.1) is 6.92 Å². The van der Waals surface area contributed by atoms with Crippen LogP contribution in [0.15, 0.2) is 0 Å². The van der Waals surface area contributed by atoms with E-state index in [0.29, 0.717) is 6.04 Å². The molecule has 1 atom stereocenters. The average molecular weight is 151 g/mol. The molecule has 60 valence electrons. The van der Waals surface area contributed by atoms with Crippen molar-refractivity contribution in [1.29, 1.82) is 0 Å². The molecule has 0 amide bonds. The standard InChI is InChI=1S/C8H13N3/c1-6-4-3-5-8-10-9-7(2)11(6)8/h6H,3-5H2,1-2H3/t6-/m0/s1. The van der Waals surface area contributed by atoms with Crippen molar-refractivity contribution in [2.24, 2.45) is 0 Å². The van der Waals surface area contributed by atoms with Crippen molar-refractivity contribution < 1.29 is 0 Å². The average Bonchev–Trinajstić information content (AvgIpc) is 2.34. The molecule has 1 aromatic rings. The van der Waals surface area contributed by atoms with Crippen LogP contribution < -0.4 is 0 Å². The van der Waals surface area contributed by atoms with Crippen molar-refractivity contribution in [3.8, 4) is 0 Å². The second-order valence-corrected chi connectivity index (χ2v) is 3.27. The first-order valence-corrected chi connectivity index (χ1v) is 4.19. The lowest BCUT2D eigenvalue weighted by Gasteiger charge is -2.21. The minimum absolute atomic E-state index is 0.605. The topological polar surface area (TPSA) is 30.7 Å². The molecule has 11 heavy (non-hydrogen) atoms. The molecule has 3 nitrogen and oxygen atoms in total. The highest BCUT2D eigenvalue weighted by Crippen LogP contribution is 2.23. The van der Waals surface area contributed by atoms with E-state index in [0.717, 1.165) is 12.2 Å². The summed E-state index contributed by atoms with van der Waals surface area (Å²) < 4.78 is 2.25. The molecule has 3 heteroatoms. The van der Waals surface area contributed by atoms with E-state index in [1.54, 1.807) is 0 Å². The molecular formula is C8H13N3. The maximum Gasteiger partial charge on any atom is 0.133 e. The molecule has 0 aromatic carbocycles. The molecule has 0 fully saturated rings. The van der Waals surface area contributed by atoms with Gasteiger partial charge in [0.25, 0.3) is 0 Å². The first-order chi connectivity index (χ1) is 5.29. The van der Waals surface area contributed by atoms with Gasteiger partial charge < -0.3 is 4.57 Å². The summed E-state index contributed by atoms with van der Waals surface area (Å²) in [6, 6.07) is 0.605. The zero-order chi connectivity index (χ0) is 7.84. The van der Waals surface area contributed by atoms with E-state index in [4.69, 9.17) is 0 Å². The van der Waals surface area contributed by atoms with E-state index in [-0.39, 0.29) is 0 Å². The van der Waals surface area contributed by atoms with Gasteiger partial charge in [-0.1, -0.05) is 0 Å². The van der Waals surface area contributed by atoms with Gasteiger partial charge in [-0.25, -0.2) is 0 Å². The lowest BCUT2D eigenvalue weighted by molar-refractivity contribution is 0.419. The number of aryl methyl sites for hydroxylation is 2. The van der Waals surface area contributed by atoms with Crippen LogP contribution in [0.5, 0.6) is 0 Å². The van der Waals surface area contributed by atoms with Crippen molar-refractivity contribution in [2.45, 2.75) is 39.2 Å². The lowest BCUT2D eigenvalue weighted by atomic mass is 10.1. The summed E-state index contributed by atoms with van der Waals surface area (Å²) in [5.41, 5.74) is 0. The summed E-state index contributed by atoms with van der Waals surface area (Å²) in [5, 5.41) is 8.18. The second kappa shape index (κ2) is 2.32. The first-order valence-electron chi connectivity index (χ1n) is 4.19. The summed E-state index contributed by atoms with van der Waals surface area (Å²) >= 11 is 0. The lowest BCUT2D eigenvalue weighted by Crippen LogP contribution is -2.16. The molecule has 0 spiro atoms. The van der Waals surface area contributed by atoms with Crippen LogP contribution in [-0.4, -0.2) is 14.8 Å². The molecule has 1 aromatic heterocycles. The van der Waals surface area contributed by atoms with Crippen molar-refractivity contribution in [2.75, 3.05) is 0 Å². The normalized spacial score (nSPS) is 23.3.